The second-order valence-electron chi connectivity index (χ2n) is 8.21. The normalized spacial score (nSPS) is 29.3. The van der Waals surface area contributed by atoms with Crippen molar-refractivity contribution in [3.8, 4) is 0 Å². The van der Waals surface area contributed by atoms with Gasteiger partial charge in [-0.3, -0.25) is 19.3 Å². The highest BCUT2D eigenvalue weighted by Crippen LogP contribution is 2.39. The molecule has 0 saturated carbocycles. The van der Waals surface area contributed by atoms with Crippen LogP contribution in [0.15, 0.2) is 22.1 Å². The van der Waals surface area contributed by atoms with Gasteiger partial charge in [0, 0.05) is 44.8 Å². The number of guanidine groups is 2. The molecule has 8 N–H and O–H groups in total. The first-order chi connectivity index (χ1) is 16.2. The molecule has 0 unspecified atom stereocenters. The van der Waals surface area contributed by atoms with Crippen LogP contribution in [-0.4, -0.2) is 107 Å². The zero-order valence-corrected chi connectivity index (χ0v) is 18.3. The van der Waals surface area contributed by atoms with E-state index in [9.17, 15) is 24.3 Å². The number of carbonyl (C=O) groups excluding carboxylic acids is 4. The maximum absolute atomic E-state index is 12.1. The molecule has 0 radical (unpaired) electrons. The minimum absolute atomic E-state index is 0.0202. The average Bonchev–Trinajstić information content (AvgIpc) is 3.43. The van der Waals surface area contributed by atoms with E-state index in [-0.39, 0.29) is 50.5 Å². The molecule has 15 nitrogen and oxygen atoms in total. The molecule has 4 aliphatic rings. The monoisotopic (exact) mass is 477 g/mol. The van der Waals surface area contributed by atoms with E-state index >= 15 is 0 Å². The van der Waals surface area contributed by atoms with Crippen LogP contribution in [0.1, 0.15) is 12.8 Å². The highest BCUT2D eigenvalue weighted by atomic mass is 16.5. The van der Waals surface area contributed by atoms with Gasteiger partial charge in [0.15, 0.2) is 17.6 Å². The lowest BCUT2D eigenvalue weighted by atomic mass is 9.89. The van der Waals surface area contributed by atoms with Crippen LogP contribution in [0.3, 0.4) is 0 Å². The molecule has 0 aliphatic carbocycles. The summed E-state index contributed by atoms with van der Waals surface area (Å²) in [6.45, 7) is 0.546. The second-order valence-corrected chi connectivity index (χ2v) is 8.21. The first-order valence-electron chi connectivity index (χ1n) is 10.8. The predicted octanol–water partition coefficient (Wildman–Crippen LogP) is -4.11. The Kier molecular flexibility index (Phi) is 6.28. The first kappa shape index (κ1) is 23.3. The lowest BCUT2D eigenvalue weighted by Gasteiger charge is -2.46. The molecule has 0 aromatic carbocycles. The summed E-state index contributed by atoms with van der Waals surface area (Å²) in [5.41, 5.74) is 10.9. The number of hydrogen-bond acceptors (Lipinski definition) is 12. The van der Waals surface area contributed by atoms with Crippen LogP contribution < -0.4 is 27.4 Å². The van der Waals surface area contributed by atoms with E-state index in [1.807, 2.05) is 0 Å². The van der Waals surface area contributed by atoms with Crippen molar-refractivity contribution in [1.29, 1.82) is 0 Å². The van der Waals surface area contributed by atoms with E-state index < -0.39 is 41.8 Å². The number of imide groups is 1. The van der Waals surface area contributed by atoms with Crippen molar-refractivity contribution in [2.24, 2.45) is 21.5 Å². The lowest BCUT2D eigenvalue weighted by Crippen LogP contribution is -2.72. The minimum Gasteiger partial charge on any atom is -0.447 e. The molecule has 4 atom stereocenters. The van der Waals surface area contributed by atoms with Crippen molar-refractivity contribution < 1.29 is 29.0 Å². The number of alkyl carbamates (subject to hydrolysis) is 1. The van der Waals surface area contributed by atoms with Crippen LogP contribution in [0, 0.1) is 0 Å². The molecule has 0 aromatic rings. The second kappa shape index (κ2) is 9.17. The molecule has 1 saturated heterocycles. The summed E-state index contributed by atoms with van der Waals surface area (Å²) in [6.07, 6.45) is 1.21. The van der Waals surface area contributed by atoms with Gasteiger partial charge in [0.25, 0.3) is 11.8 Å². The first-order valence-corrected chi connectivity index (χ1v) is 10.8. The Hall–Kier alpha value is -3.88. The van der Waals surface area contributed by atoms with Gasteiger partial charge in [0.05, 0.1) is 6.10 Å². The average molecular weight is 477 g/mol. The van der Waals surface area contributed by atoms with Gasteiger partial charge in [-0.05, 0) is 6.42 Å². The molecule has 34 heavy (non-hydrogen) atoms. The Bertz CT molecular complexity index is 963. The number of carbonyl (C=O) groups is 4. The highest BCUT2D eigenvalue weighted by molar-refractivity contribution is 6.13. The number of nitrogens with one attached hydrogen (secondary N) is 3. The summed E-state index contributed by atoms with van der Waals surface area (Å²) >= 11 is 0. The maximum Gasteiger partial charge on any atom is 0.407 e. The predicted molar refractivity (Wildman–Crippen MR) is 117 cm³/mol. The van der Waals surface area contributed by atoms with Crippen LogP contribution in [0.5, 0.6) is 0 Å². The number of ether oxygens (including phenoxy) is 1. The number of nitrogens with two attached hydrogens (primary N) is 2. The van der Waals surface area contributed by atoms with Gasteiger partial charge in [-0.2, -0.15) is 0 Å². The molecule has 0 bridgehead atoms. The van der Waals surface area contributed by atoms with E-state index in [2.05, 4.69) is 25.9 Å². The Morgan fingerprint density at radius 1 is 1.21 bits per heavy atom. The molecule has 4 aliphatic heterocycles. The summed E-state index contributed by atoms with van der Waals surface area (Å²) in [6, 6.07) is -1.23. The van der Waals surface area contributed by atoms with Crippen molar-refractivity contribution in [3.05, 3.63) is 12.2 Å². The molecule has 4 amide bonds. The molecule has 0 aromatic heterocycles. The van der Waals surface area contributed by atoms with Gasteiger partial charge in [0.2, 0.25) is 5.91 Å². The third-order valence-corrected chi connectivity index (χ3v) is 6.14. The van der Waals surface area contributed by atoms with E-state index in [4.69, 9.17) is 16.2 Å². The fourth-order valence-corrected chi connectivity index (χ4v) is 4.56. The van der Waals surface area contributed by atoms with E-state index in [1.165, 1.54) is 0 Å². The number of amides is 4. The van der Waals surface area contributed by atoms with E-state index in [0.717, 1.165) is 17.1 Å². The van der Waals surface area contributed by atoms with E-state index in [0.29, 0.717) is 13.0 Å². The van der Waals surface area contributed by atoms with Crippen LogP contribution in [0.25, 0.3) is 0 Å². The largest absolute Gasteiger partial charge is 0.447 e. The zero-order chi connectivity index (χ0) is 24.5. The SMILES string of the molecule is NC1=N[C@H]2[C@H](COC(=O)NCCNC(=O)CCN3C(=O)C=CC3=O)N=C(N)N3CC[C@H](O)[C@]23N1. The van der Waals surface area contributed by atoms with Gasteiger partial charge >= 0.3 is 6.09 Å². The highest BCUT2D eigenvalue weighted by Gasteiger charge is 2.62. The standard InChI is InChI=1S/C19H27N9O6/c20-16-25-15-10(24-17(21)28-8-3-11(29)19(15,28)26-16)9-34-18(33)23-6-5-22-12(30)4-7-27-13(31)1-2-14(27)32/h1-2,10-11,15,29H,3-9H2,(H2,21,24)(H,22,30)(H,23,33)(H3,20,25,26)/t10-,11-,15-,19+/m0/s1. The Morgan fingerprint density at radius 2 is 1.91 bits per heavy atom. The lowest BCUT2D eigenvalue weighted by molar-refractivity contribution is -0.137. The third kappa shape index (κ3) is 4.21. The number of aliphatic hydroxyl groups excluding tert-OH is 1. The molecule has 1 spiro atoms. The fraction of sp³-hybridized carbons (Fsp3) is 0.579. The van der Waals surface area contributed by atoms with Crippen LogP contribution >= 0.6 is 0 Å². The van der Waals surface area contributed by atoms with Gasteiger partial charge in [-0.1, -0.05) is 0 Å². The van der Waals surface area contributed by atoms with Crippen LogP contribution in [-0.2, 0) is 19.1 Å². The van der Waals surface area contributed by atoms with Crippen molar-refractivity contribution in [2.45, 2.75) is 36.7 Å². The van der Waals surface area contributed by atoms with Crippen molar-refractivity contribution in [2.75, 3.05) is 32.8 Å². The van der Waals surface area contributed by atoms with Gasteiger partial charge in [-0.15, -0.1) is 0 Å². The summed E-state index contributed by atoms with van der Waals surface area (Å²) in [4.78, 5) is 58.3. The minimum atomic E-state index is -1.01. The maximum atomic E-state index is 12.1. The number of aliphatic hydroxyl groups is 1. The quantitative estimate of drug-likeness (QED) is 0.147. The Balaban J connectivity index is 1.18. The zero-order valence-electron chi connectivity index (χ0n) is 18.3. The summed E-state index contributed by atoms with van der Waals surface area (Å²) in [5, 5.41) is 18.7. The molecule has 4 heterocycles. The molecule has 184 valence electrons. The van der Waals surface area contributed by atoms with E-state index in [1.54, 1.807) is 4.90 Å². The van der Waals surface area contributed by atoms with Crippen molar-refractivity contribution >= 4 is 35.7 Å². The van der Waals surface area contributed by atoms with Crippen molar-refractivity contribution in [3.63, 3.8) is 0 Å². The third-order valence-electron chi connectivity index (χ3n) is 6.14. The molecule has 15 heteroatoms. The molecule has 1 fully saturated rings. The summed E-state index contributed by atoms with van der Waals surface area (Å²) in [5.74, 6) is -0.914. The summed E-state index contributed by atoms with van der Waals surface area (Å²) in [7, 11) is 0. The molecular weight excluding hydrogens is 450 g/mol. The number of hydrogen-bond donors (Lipinski definition) is 6. The Labute approximate surface area is 194 Å². The number of aliphatic imine (C=N–C) groups is 2. The van der Waals surface area contributed by atoms with Gasteiger partial charge in [-0.25, -0.2) is 14.8 Å². The topological polar surface area (TPSA) is 217 Å². The van der Waals surface area contributed by atoms with Crippen LogP contribution in [0.2, 0.25) is 0 Å². The Morgan fingerprint density at radius 3 is 2.65 bits per heavy atom. The molecule has 4 rings (SSSR count). The number of rotatable bonds is 8. The summed E-state index contributed by atoms with van der Waals surface area (Å²) < 4.78 is 5.25. The van der Waals surface area contributed by atoms with Crippen molar-refractivity contribution in [1.82, 2.24) is 25.8 Å². The molecular formula is C19H27N9O6. The van der Waals surface area contributed by atoms with Gasteiger partial charge in [0.1, 0.15) is 18.7 Å². The fourth-order valence-electron chi connectivity index (χ4n) is 4.56. The van der Waals surface area contributed by atoms with Crippen LogP contribution in [0.4, 0.5) is 4.79 Å². The van der Waals surface area contributed by atoms with Gasteiger partial charge < -0.3 is 42.2 Å². The smallest absolute Gasteiger partial charge is 0.407 e. The number of nitrogens with zero attached hydrogens (tertiary/aromatic N) is 4.